The van der Waals surface area contributed by atoms with Crippen LogP contribution in [0.2, 0.25) is 0 Å². The standard InChI is InChI=1S/C39H27N/c40-28-36(39-27-34(30-15-7-2-8-16-30)22-24-38(39)32-19-11-4-12-20-32)26-35-25-33(29-13-5-1-6-14-29)21-23-37(35)31-17-9-3-10-18-31/h1-27H/b36-26+. The Bertz CT molecular complexity index is 1810. The SMILES string of the molecule is N#C/C(=C\c1cc(-c2ccccc2)ccc1-c1ccccc1)c1cc(-c2ccccc2)ccc1-c1ccccc1. The fourth-order valence-corrected chi connectivity index (χ4v) is 5.15. The smallest absolute Gasteiger partial charge is 0.0998 e. The third-order valence-corrected chi connectivity index (χ3v) is 7.17. The summed E-state index contributed by atoms with van der Waals surface area (Å²) >= 11 is 0. The van der Waals surface area contributed by atoms with E-state index in [4.69, 9.17) is 0 Å². The lowest BCUT2D eigenvalue weighted by molar-refractivity contribution is 1.51. The van der Waals surface area contributed by atoms with Crippen LogP contribution in [-0.2, 0) is 0 Å². The molecule has 0 saturated carbocycles. The van der Waals surface area contributed by atoms with Crippen LogP contribution >= 0.6 is 0 Å². The van der Waals surface area contributed by atoms with Crippen LogP contribution in [0.15, 0.2) is 158 Å². The molecule has 0 aromatic heterocycles. The summed E-state index contributed by atoms with van der Waals surface area (Å²) in [4.78, 5) is 0. The Morgan fingerprint density at radius 1 is 0.425 bits per heavy atom. The normalized spacial score (nSPS) is 11.1. The summed E-state index contributed by atoms with van der Waals surface area (Å²) in [5.74, 6) is 0. The average molecular weight is 510 g/mol. The van der Waals surface area contributed by atoms with E-state index in [0.717, 1.165) is 55.6 Å². The second-order valence-electron chi connectivity index (χ2n) is 9.70. The first-order valence-corrected chi connectivity index (χ1v) is 13.4. The van der Waals surface area contributed by atoms with Gasteiger partial charge in [-0.2, -0.15) is 5.26 Å². The van der Waals surface area contributed by atoms with Crippen LogP contribution in [0.1, 0.15) is 11.1 Å². The van der Waals surface area contributed by atoms with Gasteiger partial charge in [0.05, 0.1) is 11.6 Å². The third kappa shape index (κ3) is 5.25. The Morgan fingerprint density at radius 3 is 1.35 bits per heavy atom. The van der Waals surface area contributed by atoms with Crippen molar-refractivity contribution in [2.24, 2.45) is 0 Å². The van der Waals surface area contributed by atoms with Gasteiger partial charge in [-0.3, -0.25) is 0 Å². The van der Waals surface area contributed by atoms with E-state index in [9.17, 15) is 5.26 Å². The minimum absolute atomic E-state index is 0.624. The highest BCUT2D eigenvalue weighted by Crippen LogP contribution is 2.36. The summed E-state index contributed by atoms with van der Waals surface area (Å²) in [5, 5.41) is 10.6. The van der Waals surface area contributed by atoms with Crippen molar-refractivity contribution < 1.29 is 0 Å². The predicted octanol–water partition coefficient (Wildman–Crippen LogP) is 10.4. The van der Waals surface area contributed by atoms with E-state index < -0.39 is 0 Å². The van der Waals surface area contributed by atoms with Crippen LogP contribution < -0.4 is 0 Å². The molecule has 0 aliphatic rings. The minimum Gasteiger partial charge on any atom is -0.192 e. The summed E-state index contributed by atoms with van der Waals surface area (Å²) in [6.45, 7) is 0. The monoisotopic (exact) mass is 509 g/mol. The number of nitriles is 1. The van der Waals surface area contributed by atoms with Crippen molar-refractivity contribution in [3.05, 3.63) is 169 Å². The molecule has 0 radical (unpaired) electrons. The number of hydrogen-bond donors (Lipinski definition) is 0. The molecular weight excluding hydrogens is 482 g/mol. The van der Waals surface area contributed by atoms with Gasteiger partial charge in [0.2, 0.25) is 0 Å². The van der Waals surface area contributed by atoms with Crippen LogP contribution in [-0.4, -0.2) is 0 Å². The average Bonchev–Trinajstić information content (AvgIpc) is 3.05. The van der Waals surface area contributed by atoms with Gasteiger partial charge in [0.25, 0.3) is 0 Å². The highest BCUT2D eigenvalue weighted by molar-refractivity contribution is 5.99. The molecule has 0 saturated heterocycles. The first-order chi connectivity index (χ1) is 19.8. The molecule has 0 aliphatic carbocycles. The molecule has 188 valence electrons. The van der Waals surface area contributed by atoms with Gasteiger partial charge < -0.3 is 0 Å². The zero-order valence-electron chi connectivity index (χ0n) is 22.0. The molecule has 0 atom stereocenters. The van der Waals surface area contributed by atoms with E-state index in [2.05, 4.69) is 115 Å². The molecule has 1 nitrogen and oxygen atoms in total. The maximum absolute atomic E-state index is 10.6. The van der Waals surface area contributed by atoms with E-state index in [1.807, 2.05) is 54.6 Å². The van der Waals surface area contributed by atoms with E-state index in [0.29, 0.717) is 5.57 Å². The van der Waals surface area contributed by atoms with Crippen LogP contribution in [0.3, 0.4) is 0 Å². The molecule has 0 amide bonds. The summed E-state index contributed by atoms with van der Waals surface area (Å²) in [6, 6.07) is 56.8. The molecule has 6 aromatic rings. The zero-order chi connectivity index (χ0) is 27.1. The van der Waals surface area contributed by atoms with Gasteiger partial charge in [-0.25, -0.2) is 0 Å². The Hall–Kier alpha value is -5.45. The predicted molar refractivity (Wildman–Crippen MR) is 168 cm³/mol. The van der Waals surface area contributed by atoms with Crippen molar-refractivity contribution in [1.29, 1.82) is 5.26 Å². The van der Waals surface area contributed by atoms with Gasteiger partial charge in [-0.1, -0.05) is 146 Å². The maximum atomic E-state index is 10.6. The number of allylic oxidation sites excluding steroid dienone is 1. The quantitative estimate of drug-likeness (QED) is 0.162. The molecule has 0 fully saturated rings. The molecule has 0 bridgehead atoms. The van der Waals surface area contributed by atoms with Crippen molar-refractivity contribution in [1.82, 2.24) is 0 Å². The van der Waals surface area contributed by atoms with Gasteiger partial charge in [-0.05, 0) is 68.3 Å². The van der Waals surface area contributed by atoms with Gasteiger partial charge in [-0.15, -0.1) is 0 Å². The summed E-state index contributed by atoms with van der Waals surface area (Å²) < 4.78 is 0. The van der Waals surface area contributed by atoms with Crippen molar-refractivity contribution in [3.63, 3.8) is 0 Å². The summed E-state index contributed by atoms with van der Waals surface area (Å²) in [6.07, 6.45) is 2.05. The summed E-state index contributed by atoms with van der Waals surface area (Å²) in [7, 11) is 0. The van der Waals surface area contributed by atoms with Crippen LogP contribution in [0.4, 0.5) is 0 Å². The lowest BCUT2D eigenvalue weighted by atomic mass is 9.89. The molecule has 0 heterocycles. The zero-order valence-corrected chi connectivity index (χ0v) is 22.0. The topological polar surface area (TPSA) is 23.8 Å². The van der Waals surface area contributed by atoms with Gasteiger partial charge in [0, 0.05) is 5.56 Å². The van der Waals surface area contributed by atoms with Gasteiger partial charge in [0.15, 0.2) is 0 Å². The number of nitrogens with zero attached hydrogens (tertiary/aromatic N) is 1. The van der Waals surface area contributed by atoms with E-state index in [-0.39, 0.29) is 0 Å². The molecule has 0 N–H and O–H groups in total. The van der Waals surface area contributed by atoms with Gasteiger partial charge in [0.1, 0.15) is 0 Å². The Balaban J connectivity index is 1.57. The third-order valence-electron chi connectivity index (χ3n) is 7.17. The van der Waals surface area contributed by atoms with E-state index in [1.165, 1.54) is 0 Å². The number of hydrogen-bond acceptors (Lipinski definition) is 1. The van der Waals surface area contributed by atoms with Crippen molar-refractivity contribution in [2.75, 3.05) is 0 Å². The molecule has 6 rings (SSSR count). The number of rotatable bonds is 6. The van der Waals surface area contributed by atoms with Crippen LogP contribution in [0.5, 0.6) is 0 Å². The van der Waals surface area contributed by atoms with Crippen molar-refractivity contribution >= 4 is 11.6 Å². The van der Waals surface area contributed by atoms with Gasteiger partial charge >= 0.3 is 0 Å². The molecule has 6 aromatic carbocycles. The fourth-order valence-electron chi connectivity index (χ4n) is 5.15. The van der Waals surface area contributed by atoms with E-state index in [1.54, 1.807) is 0 Å². The summed E-state index contributed by atoms with van der Waals surface area (Å²) in [5.41, 5.74) is 11.3. The Kier molecular flexibility index (Phi) is 7.16. The maximum Gasteiger partial charge on any atom is 0.0998 e. The second kappa shape index (κ2) is 11.5. The first kappa shape index (κ1) is 24.9. The largest absolute Gasteiger partial charge is 0.192 e. The molecule has 0 unspecified atom stereocenters. The molecule has 1 heteroatoms. The first-order valence-electron chi connectivity index (χ1n) is 13.4. The fraction of sp³-hybridized carbons (Fsp3) is 0. The number of benzene rings is 6. The highest BCUT2D eigenvalue weighted by atomic mass is 14.3. The Morgan fingerprint density at radius 2 is 0.850 bits per heavy atom. The lowest BCUT2D eigenvalue weighted by Gasteiger charge is -2.14. The molecule has 40 heavy (non-hydrogen) atoms. The van der Waals surface area contributed by atoms with Crippen molar-refractivity contribution in [2.45, 2.75) is 0 Å². The van der Waals surface area contributed by atoms with Crippen molar-refractivity contribution in [3.8, 4) is 50.6 Å². The molecule has 0 spiro atoms. The van der Waals surface area contributed by atoms with E-state index >= 15 is 0 Å². The Labute approximate surface area is 236 Å². The van der Waals surface area contributed by atoms with Crippen LogP contribution in [0, 0.1) is 11.3 Å². The molecule has 0 aliphatic heterocycles. The second-order valence-corrected chi connectivity index (χ2v) is 9.70. The lowest BCUT2D eigenvalue weighted by Crippen LogP contribution is -1.92. The molecular formula is C39H27N. The van der Waals surface area contributed by atoms with Crippen LogP contribution in [0.25, 0.3) is 56.2 Å². The minimum atomic E-state index is 0.624. The highest BCUT2D eigenvalue weighted by Gasteiger charge is 2.14.